The van der Waals surface area contributed by atoms with Gasteiger partial charge < -0.3 is 10.6 Å². The van der Waals surface area contributed by atoms with E-state index in [1.165, 1.54) is 25.0 Å². The Morgan fingerprint density at radius 1 is 1.07 bits per heavy atom. The molecule has 6 nitrogen and oxygen atoms in total. The number of para-hydroxylation sites is 1. The van der Waals surface area contributed by atoms with E-state index in [1.807, 2.05) is 24.3 Å². The van der Waals surface area contributed by atoms with Crippen molar-refractivity contribution in [3.63, 3.8) is 0 Å². The smallest absolute Gasteiger partial charge is 0.308 e. The number of nitrogens with one attached hydrogen (secondary N) is 3. The van der Waals surface area contributed by atoms with E-state index in [1.54, 1.807) is 18.3 Å². The molecule has 0 radical (unpaired) electrons. The maximum atomic E-state index is 13.7. The number of amides is 2. The number of carbonyl (C=O) groups is 1. The van der Waals surface area contributed by atoms with Crippen LogP contribution < -0.4 is 10.6 Å². The quantitative estimate of drug-likeness (QED) is 0.445. The molecule has 1 aliphatic carbocycles. The topological polar surface area (TPSA) is 82.7 Å². The molecular formula is C22H18FN5O. The Labute approximate surface area is 166 Å². The van der Waals surface area contributed by atoms with Crippen LogP contribution in [0.1, 0.15) is 24.5 Å². The Kier molecular flexibility index (Phi) is 4.20. The normalized spacial score (nSPS) is 13.4. The Morgan fingerprint density at radius 3 is 2.62 bits per heavy atom. The SMILES string of the molecule is O=C(Nc1ccc(-c2cc(C3CC3)nc3[nH]ncc23)cc1)Nc1ccccc1F. The lowest BCUT2D eigenvalue weighted by Crippen LogP contribution is -2.20. The van der Waals surface area contributed by atoms with Crippen molar-refractivity contribution in [3.8, 4) is 11.1 Å². The van der Waals surface area contributed by atoms with E-state index in [9.17, 15) is 9.18 Å². The molecule has 1 saturated carbocycles. The summed E-state index contributed by atoms with van der Waals surface area (Å²) in [6.07, 6.45) is 4.13. The van der Waals surface area contributed by atoms with Gasteiger partial charge >= 0.3 is 6.03 Å². The number of halogens is 1. The summed E-state index contributed by atoms with van der Waals surface area (Å²) >= 11 is 0. The molecule has 1 aliphatic rings. The van der Waals surface area contributed by atoms with Crippen LogP contribution in [0, 0.1) is 5.82 Å². The van der Waals surface area contributed by atoms with E-state index in [-0.39, 0.29) is 5.69 Å². The van der Waals surface area contributed by atoms with Crippen LogP contribution in [0.3, 0.4) is 0 Å². The van der Waals surface area contributed by atoms with E-state index < -0.39 is 11.8 Å². The molecule has 0 spiro atoms. The highest BCUT2D eigenvalue weighted by atomic mass is 19.1. The Balaban J connectivity index is 1.37. The van der Waals surface area contributed by atoms with E-state index in [4.69, 9.17) is 0 Å². The molecular weight excluding hydrogens is 369 g/mol. The number of benzene rings is 2. The number of carbonyl (C=O) groups excluding carboxylic acids is 1. The van der Waals surface area contributed by atoms with Gasteiger partial charge in [0.1, 0.15) is 5.82 Å². The van der Waals surface area contributed by atoms with Gasteiger partial charge in [0, 0.05) is 22.7 Å². The number of nitrogens with zero attached hydrogens (tertiary/aromatic N) is 2. The van der Waals surface area contributed by atoms with Crippen LogP contribution in [0.15, 0.2) is 60.8 Å². The predicted octanol–water partition coefficient (Wildman–Crippen LogP) is 5.29. The second-order valence-corrected chi connectivity index (χ2v) is 7.14. The average Bonchev–Trinajstić information content (AvgIpc) is 3.47. The van der Waals surface area contributed by atoms with Crippen molar-refractivity contribution in [2.75, 3.05) is 10.6 Å². The largest absolute Gasteiger partial charge is 0.323 e. The molecule has 3 N–H and O–H groups in total. The molecule has 0 bridgehead atoms. The number of urea groups is 1. The molecule has 0 aliphatic heterocycles. The van der Waals surface area contributed by atoms with Crippen LogP contribution in [-0.4, -0.2) is 21.2 Å². The number of hydrogen-bond donors (Lipinski definition) is 3. The summed E-state index contributed by atoms with van der Waals surface area (Å²) in [7, 11) is 0. The lowest BCUT2D eigenvalue weighted by molar-refractivity contribution is 0.262. The summed E-state index contributed by atoms with van der Waals surface area (Å²) in [5.74, 6) is 0.0516. The summed E-state index contributed by atoms with van der Waals surface area (Å²) < 4.78 is 13.7. The first-order chi connectivity index (χ1) is 14.2. The molecule has 29 heavy (non-hydrogen) atoms. The fourth-order valence-electron chi connectivity index (χ4n) is 3.36. The molecule has 2 heterocycles. The van der Waals surface area contributed by atoms with Crippen LogP contribution in [0.25, 0.3) is 22.2 Å². The second kappa shape index (κ2) is 7.01. The fraction of sp³-hybridized carbons (Fsp3) is 0.136. The average molecular weight is 387 g/mol. The standard InChI is InChI=1S/C22H18FN5O/c23-18-3-1-2-4-19(18)27-22(29)25-15-9-7-13(8-10-15)16-11-20(14-5-6-14)26-21-17(16)12-24-28-21/h1-4,7-12,14H,5-6H2,(H,24,26,28)(H2,25,27,29). The highest BCUT2D eigenvalue weighted by Crippen LogP contribution is 2.41. The van der Waals surface area contributed by atoms with Gasteiger partial charge in [-0.05, 0) is 54.3 Å². The molecule has 4 aromatic rings. The number of hydrogen-bond acceptors (Lipinski definition) is 3. The maximum absolute atomic E-state index is 13.7. The highest BCUT2D eigenvalue weighted by molar-refractivity contribution is 6.00. The lowest BCUT2D eigenvalue weighted by atomic mass is 10.0. The summed E-state index contributed by atoms with van der Waals surface area (Å²) in [5, 5.41) is 13.3. The number of rotatable bonds is 4. The zero-order valence-electron chi connectivity index (χ0n) is 15.4. The molecule has 144 valence electrons. The summed E-state index contributed by atoms with van der Waals surface area (Å²) in [4.78, 5) is 16.8. The third-order valence-electron chi connectivity index (χ3n) is 5.01. The monoisotopic (exact) mass is 387 g/mol. The van der Waals surface area contributed by atoms with Gasteiger partial charge in [0.15, 0.2) is 5.65 Å². The van der Waals surface area contributed by atoms with E-state index in [0.29, 0.717) is 11.6 Å². The van der Waals surface area contributed by atoms with Crippen molar-refractivity contribution in [2.45, 2.75) is 18.8 Å². The number of anilines is 2. The van der Waals surface area contributed by atoms with E-state index >= 15 is 0 Å². The van der Waals surface area contributed by atoms with Gasteiger partial charge in [-0.3, -0.25) is 5.10 Å². The molecule has 0 atom stereocenters. The number of fused-ring (bicyclic) bond motifs is 1. The number of pyridine rings is 1. The van der Waals surface area contributed by atoms with Crippen molar-refractivity contribution in [1.29, 1.82) is 0 Å². The third-order valence-corrected chi connectivity index (χ3v) is 5.01. The van der Waals surface area contributed by atoms with Crippen LogP contribution in [0.5, 0.6) is 0 Å². The summed E-state index contributed by atoms with van der Waals surface area (Å²) in [5.41, 5.74) is 4.70. The molecule has 2 amide bonds. The van der Waals surface area contributed by atoms with Gasteiger partial charge in [-0.1, -0.05) is 24.3 Å². The van der Waals surface area contributed by atoms with E-state index in [0.717, 1.165) is 27.9 Å². The van der Waals surface area contributed by atoms with Crippen LogP contribution in [0.2, 0.25) is 0 Å². The van der Waals surface area contributed by atoms with E-state index in [2.05, 4.69) is 31.9 Å². The molecule has 5 rings (SSSR count). The molecule has 0 unspecified atom stereocenters. The van der Waals surface area contributed by atoms with Gasteiger partial charge in [0.2, 0.25) is 0 Å². The number of aromatic amines is 1. The Hall–Kier alpha value is -3.74. The minimum Gasteiger partial charge on any atom is -0.308 e. The minimum atomic E-state index is -0.500. The first kappa shape index (κ1) is 17.4. The first-order valence-electron chi connectivity index (χ1n) is 9.44. The minimum absolute atomic E-state index is 0.133. The summed E-state index contributed by atoms with van der Waals surface area (Å²) in [6, 6.07) is 15.2. The maximum Gasteiger partial charge on any atom is 0.323 e. The highest BCUT2D eigenvalue weighted by Gasteiger charge is 2.26. The molecule has 2 aromatic carbocycles. The van der Waals surface area contributed by atoms with Crippen molar-refractivity contribution < 1.29 is 9.18 Å². The van der Waals surface area contributed by atoms with Crippen molar-refractivity contribution in [1.82, 2.24) is 15.2 Å². The lowest BCUT2D eigenvalue weighted by Gasteiger charge is -2.10. The van der Waals surface area contributed by atoms with Gasteiger partial charge in [-0.2, -0.15) is 5.10 Å². The van der Waals surface area contributed by atoms with Crippen LogP contribution >= 0.6 is 0 Å². The van der Waals surface area contributed by atoms with Crippen molar-refractivity contribution >= 4 is 28.4 Å². The molecule has 2 aromatic heterocycles. The van der Waals surface area contributed by atoms with Crippen LogP contribution in [-0.2, 0) is 0 Å². The van der Waals surface area contributed by atoms with Gasteiger partial charge in [-0.25, -0.2) is 14.2 Å². The summed E-state index contributed by atoms with van der Waals surface area (Å²) in [6.45, 7) is 0. The molecule has 0 saturated heterocycles. The first-order valence-corrected chi connectivity index (χ1v) is 9.44. The van der Waals surface area contributed by atoms with Gasteiger partial charge in [0.25, 0.3) is 0 Å². The third kappa shape index (κ3) is 3.54. The van der Waals surface area contributed by atoms with Gasteiger partial charge in [0.05, 0.1) is 11.9 Å². The number of H-pyrrole nitrogens is 1. The van der Waals surface area contributed by atoms with Crippen LogP contribution in [0.4, 0.5) is 20.6 Å². The Bertz CT molecular complexity index is 1200. The fourth-order valence-corrected chi connectivity index (χ4v) is 3.36. The zero-order chi connectivity index (χ0) is 19.8. The van der Waals surface area contributed by atoms with Gasteiger partial charge in [-0.15, -0.1) is 0 Å². The zero-order valence-corrected chi connectivity index (χ0v) is 15.4. The number of aromatic nitrogens is 3. The Morgan fingerprint density at radius 2 is 1.86 bits per heavy atom. The van der Waals surface area contributed by atoms with Crippen molar-refractivity contribution in [2.24, 2.45) is 0 Å². The molecule has 7 heteroatoms. The van der Waals surface area contributed by atoms with Crippen molar-refractivity contribution in [3.05, 3.63) is 72.3 Å². The predicted molar refractivity (Wildman–Crippen MR) is 110 cm³/mol. The molecule has 1 fully saturated rings. The second-order valence-electron chi connectivity index (χ2n) is 7.14.